The molecule has 3 rings (SSSR count). The Morgan fingerprint density at radius 3 is 2.65 bits per heavy atom. The van der Waals surface area contributed by atoms with Gasteiger partial charge in [-0.15, -0.1) is 0 Å². The van der Waals surface area contributed by atoms with Crippen LogP contribution < -0.4 is 5.48 Å². The first-order chi connectivity index (χ1) is 9.83. The minimum Gasteiger partial charge on any atom is -0.387 e. The van der Waals surface area contributed by atoms with Crippen LogP contribution in [0.3, 0.4) is 0 Å². The Morgan fingerprint density at radius 1 is 1.10 bits per heavy atom. The van der Waals surface area contributed by atoms with Crippen LogP contribution in [0.15, 0.2) is 42.5 Å². The van der Waals surface area contributed by atoms with Crippen molar-refractivity contribution in [3.8, 4) is 0 Å². The van der Waals surface area contributed by atoms with E-state index in [9.17, 15) is 5.11 Å². The number of nitrogens with one attached hydrogen (secondary N) is 1. The number of benzene rings is 2. The van der Waals surface area contributed by atoms with Crippen LogP contribution in [0.1, 0.15) is 37.4 Å². The van der Waals surface area contributed by atoms with Gasteiger partial charge in [-0.25, -0.2) is 0 Å². The van der Waals surface area contributed by atoms with Gasteiger partial charge in [-0.3, -0.25) is 4.84 Å². The highest BCUT2D eigenvalue weighted by Gasteiger charge is 2.16. The third-order valence-electron chi connectivity index (χ3n) is 3.99. The third-order valence-corrected chi connectivity index (χ3v) is 3.99. The van der Waals surface area contributed by atoms with Crippen LogP contribution in [0.4, 0.5) is 0 Å². The molecule has 1 unspecified atom stereocenters. The molecule has 3 heteroatoms. The number of hydroxylamine groups is 1. The van der Waals surface area contributed by atoms with Gasteiger partial charge in [-0.2, -0.15) is 5.48 Å². The maximum absolute atomic E-state index is 10.2. The summed E-state index contributed by atoms with van der Waals surface area (Å²) in [6, 6.07) is 14.2. The summed E-state index contributed by atoms with van der Waals surface area (Å²) in [4.78, 5) is 5.57. The van der Waals surface area contributed by atoms with Crippen LogP contribution in [0.5, 0.6) is 0 Å². The summed E-state index contributed by atoms with van der Waals surface area (Å²) in [5.41, 5.74) is 3.85. The Kier molecular flexibility index (Phi) is 4.31. The van der Waals surface area contributed by atoms with Gasteiger partial charge in [0.05, 0.1) is 18.8 Å². The maximum atomic E-state index is 10.2. The molecule has 2 aromatic carbocycles. The first-order valence-electron chi connectivity index (χ1n) is 7.38. The molecule has 0 aliphatic heterocycles. The van der Waals surface area contributed by atoms with Gasteiger partial charge >= 0.3 is 0 Å². The number of aliphatic hydroxyl groups is 1. The van der Waals surface area contributed by atoms with E-state index in [0.717, 1.165) is 23.8 Å². The molecule has 0 heterocycles. The fraction of sp³-hybridized carbons (Fsp3) is 0.412. The number of fused-ring (bicyclic) bond motifs is 1. The van der Waals surface area contributed by atoms with E-state index in [0.29, 0.717) is 12.6 Å². The molecule has 0 saturated heterocycles. The fourth-order valence-electron chi connectivity index (χ4n) is 2.78. The molecule has 0 bridgehead atoms. The number of aliphatic hydroxyl groups excluding tert-OH is 1. The lowest BCUT2D eigenvalue weighted by atomic mass is 10.0. The Balaban J connectivity index is 1.58. The normalized spacial score (nSPS) is 17.6. The highest BCUT2D eigenvalue weighted by atomic mass is 16.7. The molecular formula is C17H21NO2. The van der Waals surface area contributed by atoms with Crippen LogP contribution in [0.25, 0.3) is 10.8 Å². The molecule has 0 aromatic heterocycles. The second-order valence-corrected chi connectivity index (χ2v) is 5.50. The summed E-state index contributed by atoms with van der Waals surface area (Å²) < 4.78 is 0. The Labute approximate surface area is 119 Å². The quantitative estimate of drug-likeness (QED) is 0.820. The van der Waals surface area contributed by atoms with Crippen LogP contribution in [-0.2, 0) is 4.84 Å². The number of rotatable bonds is 5. The average molecular weight is 271 g/mol. The van der Waals surface area contributed by atoms with Crippen molar-refractivity contribution in [1.82, 2.24) is 5.48 Å². The van der Waals surface area contributed by atoms with Gasteiger partial charge in [0.1, 0.15) is 0 Å². The van der Waals surface area contributed by atoms with E-state index >= 15 is 0 Å². The zero-order valence-corrected chi connectivity index (χ0v) is 11.6. The zero-order valence-electron chi connectivity index (χ0n) is 11.6. The standard InChI is InChI=1S/C17H21NO2/c19-17(12-18-20-16-7-3-4-8-16)15-10-9-13-5-1-2-6-14(13)11-15/h1-2,5-6,9-11,16-19H,3-4,7-8,12H2. The minimum atomic E-state index is -0.541. The third kappa shape index (κ3) is 3.18. The van der Waals surface area contributed by atoms with Gasteiger partial charge in [-0.05, 0) is 35.2 Å². The lowest BCUT2D eigenvalue weighted by Gasteiger charge is -2.15. The van der Waals surface area contributed by atoms with Gasteiger partial charge in [0.15, 0.2) is 0 Å². The van der Waals surface area contributed by atoms with E-state index in [2.05, 4.69) is 17.6 Å². The summed E-state index contributed by atoms with van der Waals surface area (Å²) in [6.07, 6.45) is 4.52. The van der Waals surface area contributed by atoms with E-state index in [1.807, 2.05) is 30.3 Å². The molecule has 1 atom stereocenters. The van der Waals surface area contributed by atoms with Crippen LogP contribution >= 0.6 is 0 Å². The first kappa shape index (κ1) is 13.6. The zero-order chi connectivity index (χ0) is 13.8. The van der Waals surface area contributed by atoms with Crippen molar-refractivity contribution in [2.75, 3.05) is 6.54 Å². The highest BCUT2D eigenvalue weighted by Crippen LogP contribution is 2.21. The SMILES string of the molecule is OC(CNOC1CCCC1)c1ccc2ccccc2c1. The molecule has 1 aliphatic carbocycles. The predicted octanol–water partition coefficient (Wildman–Crippen LogP) is 3.34. The number of hydrogen-bond donors (Lipinski definition) is 2. The maximum Gasteiger partial charge on any atom is 0.0937 e. The molecule has 0 amide bonds. The molecule has 0 radical (unpaired) electrons. The fourth-order valence-corrected chi connectivity index (χ4v) is 2.78. The molecule has 1 aliphatic rings. The van der Waals surface area contributed by atoms with Crippen molar-refractivity contribution >= 4 is 10.8 Å². The monoisotopic (exact) mass is 271 g/mol. The van der Waals surface area contributed by atoms with Gasteiger partial charge < -0.3 is 5.11 Å². The van der Waals surface area contributed by atoms with Crippen molar-refractivity contribution in [2.45, 2.75) is 37.9 Å². The molecule has 20 heavy (non-hydrogen) atoms. The Morgan fingerprint density at radius 2 is 1.85 bits per heavy atom. The molecule has 1 fully saturated rings. The predicted molar refractivity (Wildman–Crippen MR) is 80.3 cm³/mol. The molecule has 2 N–H and O–H groups in total. The summed E-state index contributed by atoms with van der Waals surface area (Å²) in [6.45, 7) is 0.425. The van der Waals surface area contributed by atoms with Gasteiger partial charge in [-0.1, -0.05) is 49.2 Å². The summed E-state index contributed by atoms with van der Waals surface area (Å²) in [5.74, 6) is 0. The number of hydrogen-bond acceptors (Lipinski definition) is 3. The van der Waals surface area contributed by atoms with E-state index < -0.39 is 6.10 Å². The molecular weight excluding hydrogens is 250 g/mol. The minimum absolute atomic E-state index is 0.318. The highest BCUT2D eigenvalue weighted by molar-refractivity contribution is 5.83. The summed E-state index contributed by atoms with van der Waals surface area (Å²) in [5, 5.41) is 12.6. The van der Waals surface area contributed by atoms with E-state index in [1.165, 1.54) is 18.2 Å². The second-order valence-electron chi connectivity index (χ2n) is 5.50. The largest absolute Gasteiger partial charge is 0.387 e. The lowest BCUT2D eigenvalue weighted by molar-refractivity contribution is -0.0371. The Hall–Kier alpha value is -1.42. The van der Waals surface area contributed by atoms with E-state index in [1.54, 1.807) is 0 Å². The van der Waals surface area contributed by atoms with Crippen molar-refractivity contribution in [1.29, 1.82) is 0 Å². The van der Waals surface area contributed by atoms with Gasteiger partial charge in [0.25, 0.3) is 0 Å². The van der Waals surface area contributed by atoms with Crippen molar-refractivity contribution in [2.24, 2.45) is 0 Å². The van der Waals surface area contributed by atoms with Crippen LogP contribution in [0.2, 0.25) is 0 Å². The Bertz CT molecular complexity index is 564. The van der Waals surface area contributed by atoms with Crippen LogP contribution in [0, 0.1) is 0 Å². The molecule has 2 aromatic rings. The van der Waals surface area contributed by atoms with Crippen LogP contribution in [-0.4, -0.2) is 17.8 Å². The summed E-state index contributed by atoms with van der Waals surface area (Å²) in [7, 11) is 0. The van der Waals surface area contributed by atoms with Crippen molar-refractivity contribution in [3.63, 3.8) is 0 Å². The lowest BCUT2D eigenvalue weighted by Crippen LogP contribution is -2.26. The van der Waals surface area contributed by atoms with Gasteiger partial charge in [0, 0.05) is 0 Å². The molecule has 0 spiro atoms. The average Bonchev–Trinajstić information content (AvgIpc) is 3.00. The smallest absolute Gasteiger partial charge is 0.0937 e. The van der Waals surface area contributed by atoms with E-state index in [4.69, 9.17) is 4.84 Å². The molecule has 106 valence electrons. The summed E-state index contributed by atoms with van der Waals surface area (Å²) >= 11 is 0. The molecule has 3 nitrogen and oxygen atoms in total. The van der Waals surface area contributed by atoms with E-state index in [-0.39, 0.29) is 0 Å². The second kappa shape index (κ2) is 6.35. The first-order valence-corrected chi connectivity index (χ1v) is 7.38. The van der Waals surface area contributed by atoms with Crippen molar-refractivity contribution in [3.05, 3.63) is 48.0 Å². The molecule has 1 saturated carbocycles. The topological polar surface area (TPSA) is 41.5 Å². The van der Waals surface area contributed by atoms with Crippen molar-refractivity contribution < 1.29 is 9.94 Å². The van der Waals surface area contributed by atoms with Gasteiger partial charge in [0.2, 0.25) is 0 Å².